The van der Waals surface area contributed by atoms with Crippen LogP contribution in [-0.2, 0) is 4.79 Å². The van der Waals surface area contributed by atoms with Crippen molar-refractivity contribution < 1.29 is 15.0 Å². The highest BCUT2D eigenvalue weighted by molar-refractivity contribution is 5.78. The predicted molar refractivity (Wildman–Crippen MR) is 34.7 cm³/mol. The summed E-state index contributed by atoms with van der Waals surface area (Å²) in [6, 6.07) is 0. The van der Waals surface area contributed by atoms with Crippen LogP contribution in [0.5, 0.6) is 0 Å². The van der Waals surface area contributed by atoms with Crippen molar-refractivity contribution in [2.45, 2.75) is 25.0 Å². The molecule has 0 radical (unpaired) electrons. The molecule has 1 aliphatic heterocycles. The van der Waals surface area contributed by atoms with E-state index in [9.17, 15) is 4.79 Å². The zero-order valence-corrected chi connectivity index (χ0v) is 5.79. The largest absolute Gasteiger partial charge is 0.480 e. The summed E-state index contributed by atoms with van der Waals surface area (Å²) in [5, 5.41) is 20.3. The van der Waals surface area contributed by atoms with Gasteiger partial charge in [-0.15, -0.1) is 0 Å². The van der Waals surface area contributed by atoms with Crippen LogP contribution in [0, 0.1) is 0 Å². The van der Waals surface area contributed by atoms with Crippen LogP contribution in [0.15, 0.2) is 0 Å². The van der Waals surface area contributed by atoms with Gasteiger partial charge in [-0.1, -0.05) is 0 Å². The molecule has 0 amide bonds. The third kappa shape index (κ3) is 1.12. The van der Waals surface area contributed by atoms with Gasteiger partial charge in [0, 0.05) is 13.0 Å². The number of aliphatic hydroxyl groups is 1. The highest BCUT2D eigenvalue weighted by Crippen LogP contribution is 2.18. The van der Waals surface area contributed by atoms with E-state index in [4.69, 9.17) is 10.2 Å². The van der Waals surface area contributed by atoms with Gasteiger partial charge in [0.05, 0.1) is 6.10 Å². The van der Waals surface area contributed by atoms with Gasteiger partial charge in [0.2, 0.25) is 0 Å². The second-order valence-corrected chi connectivity index (χ2v) is 2.88. The molecule has 0 aromatic heterocycles. The first-order valence-electron chi connectivity index (χ1n) is 3.21. The maximum absolute atomic E-state index is 10.5. The van der Waals surface area contributed by atoms with Gasteiger partial charge >= 0.3 is 5.97 Å². The Kier molecular flexibility index (Phi) is 1.66. The number of carboxylic acids is 1. The van der Waals surface area contributed by atoms with E-state index < -0.39 is 17.6 Å². The quantitative estimate of drug-likeness (QED) is 0.451. The van der Waals surface area contributed by atoms with Crippen LogP contribution < -0.4 is 5.32 Å². The molecule has 0 aromatic carbocycles. The van der Waals surface area contributed by atoms with Crippen LogP contribution in [0.2, 0.25) is 0 Å². The zero-order valence-electron chi connectivity index (χ0n) is 5.79. The van der Waals surface area contributed by atoms with E-state index in [0.29, 0.717) is 13.0 Å². The number of aliphatic hydroxyl groups excluding tert-OH is 1. The third-order valence-corrected chi connectivity index (χ3v) is 1.84. The minimum Gasteiger partial charge on any atom is -0.480 e. The van der Waals surface area contributed by atoms with Crippen LogP contribution in [0.25, 0.3) is 0 Å². The monoisotopic (exact) mass is 145 g/mol. The molecule has 4 nitrogen and oxygen atoms in total. The molecule has 0 saturated carbocycles. The van der Waals surface area contributed by atoms with Crippen molar-refractivity contribution in [3.63, 3.8) is 0 Å². The second-order valence-electron chi connectivity index (χ2n) is 2.88. The minimum atomic E-state index is -0.917. The van der Waals surface area contributed by atoms with Crippen molar-refractivity contribution in [2.75, 3.05) is 6.54 Å². The van der Waals surface area contributed by atoms with Crippen LogP contribution in [0.3, 0.4) is 0 Å². The van der Waals surface area contributed by atoms with Crippen molar-refractivity contribution in [1.82, 2.24) is 5.32 Å². The van der Waals surface area contributed by atoms with Gasteiger partial charge in [-0.25, -0.2) is 0 Å². The molecule has 0 bridgehead atoms. The van der Waals surface area contributed by atoms with E-state index in [1.165, 1.54) is 0 Å². The lowest BCUT2D eigenvalue weighted by atomic mass is 10.0. The number of nitrogens with one attached hydrogen (secondary N) is 1. The summed E-state index contributed by atoms with van der Waals surface area (Å²) in [7, 11) is 0. The van der Waals surface area contributed by atoms with E-state index in [2.05, 4.69) is 5.32 Å². The Morgan fingerprint density at radius 3 is 2.60 bits per heavy atom. The summed E-state index contributed by atoms with van der Waals surface area (Å²) in [6.45, 7) is 1.95. The molecule has 2 atom stereocenters. The van der Waals surface area contributed by atoms with Crippen molar-refractivity contribution in [3.8, 4) is 0 Å². The van der Waals surface area contributed by atoms with Gasteiger partial charge in [-0.2, -0.15) is 0 Å². The van der Waals surface area contributed by atoms with E-state index in [1.54, 1.807) is 6.92 Å². The van der Waals surface area contributed by atoms with E-state index in [-0.39, 0.29) is 0 Å². The number of carbonyl (C=O) groups is 1. The van der Waals surface area contributed by atoms with Crippen molar-refractivity contribution in [3.05, 3.63) is 0 Å². The average Bonchev–Trinajstić information content (AvgIpc) is 2.13. The topological polar surface area (TPSA) is 69.6 Å². The molecule has 0 spiro atoms. The fourth-order valence-corrected chi connectivity index (χ4v) is 1.12. The van der Waals surface area contributed by atoms with Crippen LogP contribution in [0.1, 0.15) is 13.3 Å². The Morgan fingerprint density at radius 2 is 2.40 bits per heavy atom. The van der Waals surface area contributed by atoms with E-state index in [0.717, 1.165) is 0 Å². The smallest absolute Gasteiger partial charge is 0.323 e. The van der Waals surface area contributed by atoms with Crippen molar-refractivity contribution in [2.24, 2.45) is 0 Å². The summed E-state index contributed by atoms with van der Waals surface area (Å²) in [5.74, 6) is -0.899. The standard InChI is InChI=1S/C6H11NO3/c1-6(5(9)10)2-4(8)3-7-6/h4,7-8H,2-3H2,1H3,(H,9,10)/t4-,6?/m1/s1. The van der Waals surface area contributed by atoms with Crippen LogP contribution in [0.4, 0.5) is 0 Å². The Hall–Kier alpha value is -0.610. The fraction of sp³-hybridized carbons (Fsp3) is 0.833. The fourth-order valence-electron chi connectivity index (χ4n) is 1.12. The first-order valence-corrected chi connectivity index (χ1v) is 3.21. The molecule has 1 fully saturated rings. The number of hydrogen-bond donors (Lipinski definition) is 3. The van der Waals surface area contributed by atoms with Crippen molar-refractivity contribution >= 4 is 5.97 Å². The minimum absolute atomic E-state index is 0.294. The molecule has 1 unspecified atom stereocenters. The van der Waals surface area contributed by atoms with Crippen LogP contribution in [-0.4, -0.2) is 34.4 Å². The van der Waals surface area contributed by atoms with Crippen LogP contribution >= 0.6 is 0 Å². The number of rotatable bonds is 1. The zero-order chi connectivity index (χ0) is 7.78. The molecule has 1 aliphatic rings. The molecule has 1 heterocycles. The number of hydrogen-bond acceptors (Lipinski definition) is 3. The molecule has 58 valence electrons. The predicted octanol–water partition coefficient (Wildman–Crippen LogP) is -0.816. The Morgan fingerprint density at radius 1 is 1.80 bits per heavy atom. The summed E-state index contributed by atoms with van der Waals surface area (Å²) in [4.78, 5) is 10.5. The second kappa shape index (κ2) is 2.21. The molecular formula is C6H11NO3. The molecule has 1 rings (SSSR count). The normalized spacial score (nSPS) is 40.0. The Bertz CT molecular complexity index is 159. The first-order chi connectivity index (χ1) is 4.54. The number of aliphatic carboxylic acids is 1. The molecule has 1 saturated heterocycles. The maximum atomic E-state index is 10.5. The molecule has 0 aliphatic carbocycles. The molecule has 0 aromatic rings. The van der Waals surface area contributed by atoms with Gasteiger partial charge in [0.25, 0.3) is 0 Å². The number of carboxylic acid groups (broad SMARTS) is 1. The first kappa shape index (κ1) is 7.50. The SMILES string of the molecule is CC1(C(=O)O)C[C@@H](O)CN1. The third-order valence-electron chi connectivity index (χ3n) is 1.84. The van der Waals surface area contributed by atoms with Gasteiger partial charge in [0.15, 0.2) is 0 Å². The highest BCUT2D eigenvalue weighted by Gasteiger charge is 2.40. The molecule has 4 heteroatoms. The van der Waals surface area contributed by atoms with Crippen molar-refractivity contribution in [1.29, 1.82) is 0 Å². The summed E-state index contributed by atoms with van der Waals surface area (Å²) in [5.41, 5.74) is -0.917. The highest BCUT2D eigenvalue weighted by atomic mass is 16.4. The van der Waals surface area contributed by atoms with Gasteiger partial charge < -0.3 is 10.2 Å². The van der Waals surface area contributed by atoms with Gasteiger partial charge in [0.1, 0.15) is 5.54 Å². The van der Waals surface area contributed by atoms with E-state index >= 15 is 0 Å². The van der Waals surface area contributed by atoms with E-state index in [1.807, 2.05) is 0 Å². The summed E-state index contributed by atoms with van der Waals surface area (Å²) < 4.78 is 0. The van der Waals surface area contributed by atoms with Gasteiger partial charge in [-0.3, -0.25) is 10.1 Å². The number of β-amino-alcohol motifs (C(OH)–C–C–N with tert-alkyl or cyclic N) is 1. The lowest BCUT2D eigenvalue weighted by Gasteiger charge is -2.16. The molecule has 10 heavy (non-hydrogen) atoms. The summed E-state index contributed by atoms with van der Waals surface area (Å²) in [6.07, 6.45) is -0.219. The lowest BCUT2D eigenvalue weighted by molar-refractivity contribution is -0.143. The maximum Gasteiger partial charge on any atom is 0.323 e. The molecule has 3 N–H and O–H groups in total. The lowest BCUT2D eigenvalue weighted by Crippen LogP contribution is -2.44. The summed E-state index contributed by atoms with van der Waals surface area (Å²) >= 11 is 0. The Balaban J connectivity index is 2.63. The van der Waals surface area contributed by atoms with Gasteiger partial charge in [-0.05, 0) is 6.92 Å². The Labute approximate surface area is 58.9 Å². The molecular weight excluding hydrogens is 134 g/mol. The average molecular weight is 145 g/mol.